The van der Waals surface area contributed by atoms with Gasteiger partial charge in [-0.25, -0.2) is 8.42 Å². The molecule has 1 saturated heterocycles. The molecule has 1 fully saturated rings. The van der Waals surface area contributed by atoms with E-state index >= 15 is 0 Å². The van der Waals surface area contributed by atoms with Gasteiger partial charge in [-0.2, -0.15) is 4.31 Å². The number of nitrogens with zero attached hydrogens (tertiary/aromatic N) is 3. The van der Waals surface area contributed by atoms with Crippen LogP contribution in [-0.2, 0) is 23.6 Å². The van der Waals surface area contributed by atoms with Crippen LogP contribution >= 0.6 is 0 Å². The maximum Gasteiger partial charge on any atom is 0.243 e. The molecule has 0 saturated carbocycles. The molecule has 1 aromatic carbocycles. The summed E-state index contributed by atoms with van der Waals surface area (Å²) in [5, 5.41) is 0. The molecular weight excluding hydrogens is 336 g/mol. The molecule has 136 valence electrons. The lowest BCUT2D eigenvalue weighted by Gasteiger charge is -2.36. The molecule has 1 aromatic heterocycles. The number of aryl methyl sites for hydroxylation is 1. The fourth-order valence-electron chi connectivity index (χ4n) is 3.33. The number of nitrogen functional groups attached to an aromatic ring is 1. The standard InChI is InChI=1S/C18H26N4O2S/c1-20-11-3-4-17(20)14-22-12-9-16(10-13-22)21(2)25(23,24)18-7-5-15(19)6-8-18/h3-8,11,16H,9-10,12-14,19H2,1-2H3. The molecule has 0 bridgehead atoms. The minimum absolute atomic E-state index is 0.0345. The minimum Gasteiger partial charge on any atom is -0.399 e. The monoisotopic (exact) mass is 362 g/mol. The van der Waals surface area contributed by atoms with Crippen molar-refractivity contribution < 1.29 is 8.42 Å². The van der Waals surface area contributed by atoms with Crippen LogP contribution in [0.2, 0.25) is 0 Å². The summed E-state index contributed by atoms with van der Waals surface area (Å²) in [5.74, 6) is 0. The fourth-order valence-corrected chi connectivity index (χ4v) is 4.75. The van der Waals surface area contributed by atoms with Gasteiger partial charge in [-0.05, 0) is 49.2 Å². The second-order valence-corrected chi connectivity index (χ2v) is 8.71. The van der Waals surface area contributed by atoms with Gasteiger partial charge in [0.1, 0.15) is 0 Å². The highest BCUT2D eigenvalue weighted by atomic mass is 32.2. The molecule has 25 heavy (non-hydrogen) atoms. The summed E-state index contributed by atoms with van der Waals surface area (Å²) in [4.78, 5) is 2.69. The highest BCUT2D eigenvalue weighted by Crippen LogP contribution is 2.24. The van der Waals surface area contributed by atoms with Gasteiger partial charge in [0.2, 0.25) is 10.0 Å². The van der Waals surface area contributed by atoms with Crippen LogP contribution in [-0.4, -0.2) is 48.4 Å². The number of nitrogens with two attached hydrogens (primary N) is 1. The van der Waals surface area contributed by atoms with Gasteiger partial charge in [-0.3, -0.25) is 4.90 Å². The summed E-state index contributed by atoms with van der Waals surface area (Å²) in [6.45, 7) is 2.71. The Hall–Kier alpha value is -1.83. The predicted molar refractivity (Wildman–Crippen MR) is 99.5 cm³/mol. The van der Waals surface area contributed by atoms with Crippen LogP contribution in [0.4, 0.5) is 5.69 Å². The first kappa shape index (κ1) is 18.0. The maximum atomic E-state index is 12.8. The molecule has 0 atom stereocenters. The van der Waals surface area contributed by atoms with Crippen molar-refractivity contribution in [2.45, 2.75) is 30.3 Å². The topological polar surface area (TPSA) is 71.6 Å². The van der Waals surface area contributed by atoms with Crippen LogP contribution in [0, 0.1) is 0 Å². The van der Waals surface area contributed by atoms with E-state index in [9.17, 15) is 8.42 Å². The van der Waals surface area contributed by atoms with Crippen molar-refractivity contribution in [1.82, 2.24) is 13.8 Å². The molecule has 3 rings (SSSR count). The Morgan fingerprint density at radius 3 is 2.36 bits per heavy atom. The smallest absolute Gasteiger partial charge is 0.243 e. The van der Waals surface area contributed by atoms with E-state index in [0.29, 0.717) is 10.6 Å². The number of hydrogen-bond donors (Lipinski definition) is 1. The predicted octanol–water partition coefficient (Wildman–Crippen LogP) is 1.89. The molecule has 0 amide bonds. The molecule has 0 aliphatic carbocycles. The third kappa shape index (κ3) is 3.89. The van der Waals surface area contributed by atoms with E-state index < -0.39 is 10.0 Å². The quantitative estimate of drug-likeness (QED) is 0.825. The average molecular weight is 362 g/mol. The van der Waals surface area contributed by atoms with E-state index in [1.54, 1.807) is 31.3 Å². The molecule has 1 aliphatic rings. The first-order valence-corrected chi connectivity index (χ1v) is 9.98. The zero-order valence-electron chi connectivity index (χ0n) is 14.8. The Morgan fingerprint density at radius 2 is 1.80 bits per heavy atom. The van der Waals surface area contributed by atoms with E-state index in [1.165, 1.54) is 10.00 Å². The van der Waals surface area contributed by atoms with E-state index in [-0.39, 0.29) is 6.04 Å². The summed E-state index contributed by atoms with van der Waals surface area (Å²) in [6, 6.07) is 10.6. The third-order valence-electron chi connectivity index (χ3n) is 5.07. The number of likely N-dealkylation sites (tertiary alicyclic amines) is 1. The molecule has 6 nitrogen and oxygen atoms in total. The van der Waals surface area contributed by atoms with Gasteiger partial charge in [0.15, 0.2) is 0 Å². The van der Waals surface area contributed by atoms with Crippen LogP contribution in [0.5, 0.6) is 0 Å². The van der Waals surface area contributed by atoms with E-state index in [0.717, 1.165) is 32.5 Å². The Kier molecular flexibility index (Phi) is 5.17. The molecule has 1 aliphatic heterocycles. The minimum atomic E-state index is -3.47. The number of aromatic nitrogens is 1. The number of sulfonamides is 1. The zero-order valence-corrected chi connectivity index (χ0v) is 15.6. The Labute approximate surface area is 149 Å². The normalized spacial score (nSPS) is 17.2. The van der Waals surface area contributed by atoms with Crippen LogP contribution in [0.3, 0.4) is 0 Å². The second-order valence-electron chi connectivity index (χ2n) is 6.71. The van der Waals surface area contributed by atoms with Crippen LogP contribution in [0.25, 0.3) is 0 Å². The Bertz CT molecular complexity index is 806. The lowest BCUT2D eigenvalue weighted by Crippen LogP contribution is -2.45. The summed E-state index contributed by atoms with van der Waals surface area (Å²) in [5.41, 5.74) is 7.50. The lowest BCUT2D eigenvalue weighted by atomic mass is 10.1. The van der Waals surface area contributed by atoms with Crippen LogP contribution in [0.1, 0.15) is 18.5 Å². The van der Waals surface area contributed by atoms with Gasteiger partial charge in [-0.15, -0.1) is 0 Å². The largest absolute Gasteiger partial charge is 0.399 e. The van der Waals surface area contributed by atoms with Crippen LogP contribution in [0.15, 0.2) is 47.5 Å². The highest BCUT2D eigenvalue weighted by molar-refractivity contribution is 7.89. The molecule has 2 heterocycles. The van der Waals surface area contributed by atoms with Crippen molar-refractivity contribution in [3.05, 3.63) is 48.3 Å². The molecule has 0 unspecified atom stereocenters. The second kappa shape index (κ2) is 7.19. The summed E-state index contributed by atoms with van der Waals surface area (Å²) < 4.78 is 29.2. The molecule has 2 aromatic rings. The van der Waals surface area contributed by atoms with Gasteiger partial charge >= 0.3 is 0 Å². The lowest BCUT2D eigenvalue weighted by molar-refractivity contribution is 0.161. The number of hydrogen-bond acceptors (Lipinski definition) is 4. The summed E-state index contributed by atoms with van der Waals surface area (Å²) in [7, 11) is 0.260. The van der Waals surface area contributed by atoms with Crippen molar-refractivity contribution in [2.75, 3.05) is 25.9 Å². The first-order valence-electron chi connectivity index (χ1n) is 8.54. The maximum absolute atomic E-state index is 12.8. The van der Waals surface area contributed by atoms with Gasteiger partial charge in [0.05, 0.1) is 4.90 Å². The van der Waals surface area contributed by atoms with E-state index in [4.69, 9.17) is 5.73 Å². The third-order valence-corrected chi connectivity index (χ3v) is 6.99. The van der Waals surface area contributed by atoms with Gasteiger partial charge in [0.25, 0.3) is 0 Å². The Balaban J connectivity index is 1.62. The van der Waals surface area contributed by atoms with Crippen LogP contribution < -0.4 is 5.73 Å². The SMILES string of the molecule is CN(C1CCN(Cc2cccn2C)CC1)S(=O)(=O)c1ccc(N)cc1. The summed E-state index contributed by atoms with van der Waals surface area (Å²) >= 11 is 0. The molecule has 7 heteroatoms. The molecule has 2 N–H and O–H groups in total. The van der Waals surface area contributed by atoms with Gasteiger partial charge in [-0.1, -0.05) is 0 Å². The van der Waals surface area contributed by atoms with E-state index in [2.05, 4.69) is 34.8 Å². The van der Waals surface area contributed by atoms with Crippen molar-refractivity contribution >= 4 is 15.7 Å². The van der Waals surface area contributed by atoms with Crippen molar-refractivity contribution in [2.24, 2.45) is 7.05 Å². The van der Waals surface area contributed by atoms with E-state index in [1.807, 2.05) is 0 Å². The van der Waals surface area contributed by atoms with Gasteiger partial charge in [0, 0.05) is 57.3 Å². The first-order chi connectivity index (χ1) is 11.9. The average Bonchev–Trinajstić information content (AvgIpc) is 3.00. The highest BCUT2D eigenvalue weighted by Gasteiger charge is 2.30. The molecule has 0 radical (unpaired) electrons. The molecular formula is C18H26N4O2S. The zero-order chi connectivity index (χ0) is 18.0. The molecule has 0 spiro atoms. The Morgan fingerprint density at radius 1 is 1.16 bits per heavy atom. The number of rotatable bonds is 5. The number of benzene rings is 1. The number of piperidine rings is 1. The van der Waals surface area contributed by atoms with Crippen molar-refractivity contribution in [1.29, 1.82) is 0 Å². The van der Waals surface area contributed by atoms with Crippen molar-refractivity contribution in [3.8, 4) is 0 Å². The number of anilines is 1. The van der Waals surface area contributed by atoms with Gasteiger partial charge < -0.3 is 10.3 Å². The van der Waals surface area contributed by atoms with Crippen molar-refractivity contribution in [3.63, 3.8) is 0 Å². The fraction of sp³-hybridized carbons (Fsp3) is 0.444. The summed E-state index contributed by atoms with van der Waals surface area (Å²) in [6.07, 6.45) is 3.74.